The van der Waals surface area contributed by atoms with E-state index in [1.807, 2.05) is 60.7 Å². The summed E-state index contributed by atoms with van der Waals surface area (Å²) in [6.07, 6.45) is 2.35. The van der Waals surface area contributed by atoms with E-state index in [0.29, 0.717) is 12.3 Å². The number of rotatable bonds is 5. The molecule has 0 amide bonds. The summed E-state index contributed by atoms with van der Waals surface area (Å²) in [6.45, 7) is 4.25. The molecule has 1 N–H and O–H groups in total. The standard InChI is InChI=1S/C25H28N2O3S/c1-23(2)20-13-14-24(23)17-31(29,30)27-25(24,15-20)21(28)16-26-22(18-9-5-3-6-10-18)19-11-7-4-8-12-19/h3-12,20,27H,13-17H2,1-2H3/t20?,24?,25-/m0/s1. The van der Waals surface area contributed by atoms with Gasteiger partial charge < -0.3 is 0 Å². The Morgan fingerprint density at radius 2 is 1.61 bits per heavy atom. The van der Waals surface area contributed by atoms with Crippen molar-refractivity contribution >= 4 is 21.5 Å². The van der Waals surface area contributed by atoms with Crippen LogP contribution < -0.4 is 4.72 Å². The molecule has 2 unspecified atom stereocenters. The molecule has 2 bridgehead atoms. The summed E-state index contributed by atoms with van der Waals surface area (Å²) >= 11 is 0. The molecule has 1 spiro atoms. The largest absolute Gasteiger partial charge is 0.295 e. The van der Waals surface area contributed by atoms with E-state index in [1.165, 1.54) is 0 Å². The number of fused-ring (bicyclic) bond motifs is 1. The molecule has 2 aliphatic carbocycles. The third-order valence-corrected chi connectivity index (χ3v) is 9.79. The molecule has 3 atom stereocenters. The predicted molar refractivity (Wildman–Crippen MR) is 122 cm³/mol. The zero-order valence-electron chi connectivity index (χ0n) is 18.0. The number of hydrogen-bond acceptors (Lipinski definition) is 4. The normalized spacial score (nSPS) is 31.9. The van der Waals surface area contributed by atoms with E-state index in [4.69, 9.17) is 4.99 Å². The van der Waals surface area contributed by atoms with Crippen molar-refractivity contribution in [2.45, 2.75) is 38.6 Å². The highest BCUT2D eigenvalue weighted by Crippen LogP contribution is 2.72. The SMILES string of the molecule is CC1(C)C2CCC13CS(=O)(=O)N[C@]3(C(=O)CN=C(c1ccccc1)c1ccccc1)C2. The lowest BCUT2D eigenvalue weighted by atomic mass is 9.61. The van der Waals surface area contributed by atoms with Gasteiger partial charge in [0.05, 0.1) is 11.5 Å². The van der Waals surface area contributed by atoms with Crippen LogP contribution in [-0.2, 0) is 14.8 Å². The van der Waals surface area contributed by atoms with Crippen LogP contribution in [0, 0.1) is 16.7 Å². The molecule has 31 heavy (non-hydrogen) atoms. The van der Waals surface area contributed by atoms with Crippen LogP contribution in [0.2, 0.25) is 0 Å². The average Bonchev–Trinajstić information content (AvgIpc) is 3.23. The quantitative estimate of drug-likeness (QED) is 0.728. The molecule has 6 heteroatoms. The third kappa shape index (κ3) is 2.88. The summed E-state index contributed by atoms with van der Waals surface area (Å²) in [5.41, 5.74) is 0.868. The first-order valence-corrected chi connectivity index (χ1v) is 12.6. The Kier molecular flexibility index (Phi) is 4.54. The molecule has 0 radical (unpaired) electrons. The molecule has 3 aliphatic rings. The topological polar surface area (TPSA) is 75.6 Å². The predicted octanol–water partition coefficient (Wildman–Crippen LogP) is 3.59. The van der Waals surface area contributed by atoms with E-state index in [-0.39, 0.29) is 23.5 Å². The van der Waals surface area contributed by atoms with Gasteiger partial charge in [-0.3, -0.25) is 9.79 Å². The van der Waals surface area contributed by atoms with Gasteiger partial charge in [0.15, 0.2) is 5.78 Å². The highest BCUT2D eigenvalue weighted by molar-refractivity contribution is 7.89. The fraction of sp³-hybridized carbons (Fsp3) is 0.440. The Bertz CT molecular complexity index is 1120. The first kappa shape index (κ1) is 20.6. The van der Waals surface area contributed by atoms with Gasteiger partial charge in [-0.05, 0) is 30.6 Å². The summed E-state index contributed by atoms with van der Waals surface area (Å²) in [4.78, 5) is 18.5. The van der Waals surface area contributed by atoms with Crippen LogP contribution in [-0.4, -0.2) is 37.7 Å². The smallest absolute Gasteiger partial charge is 0.213 e. The number of sulfonamides is 1. The average molecular weight is 437 g/mol. The molecule has 2 aromatic rings. The van der Waals surface area contributed by atoms with Crippen molar-refractivity contribution in [2.75, 3.05) is 12.3 Å². The van der Waals surface area contributed by atoms with Gasteiger partial charge >= 0.3 is 0 Å². The third-order valence-electron chi connectivity index (χ3n) is 8.26. The number of aliphatic imine (C=N–C) groups is 1. The highest BCUT2D eigenvalue weighted by Gasteiger charge is 2.78. The number of carbonyl (C=O) groups is 1. The molecule has 3 fully saturated rings. The van der Waals surface area contributed by atoms with Crippen molar-refractivity contribution in [1.82, 2.24) is 4.72 Å². The van der Waals surface area contributed by atoms with Gasteiger partial charge in [-0.2, -0.15) is 0 Å². The van der Waals surface area contributed by atoms with Crippen LogP contribution in [0.15, 0.2) is 65.7 Å². The summed E-state index contributed by atoms with van der Waals surface area (Å²) < 4.78 is 28.3. The number of ketones is 1. The number of Topliss-reactive ketones (excluding diaryl/α,β-unsaturated/α-hetero) is 1. The minimum atomic E-state index is -3.49. The molecule has 1 saturated heterocycles. The van der Waals surface area contributed by atoms with Crippen molar-refractivity contribution in [3.05, 3.63) is 71.8 Å². The lowest BCUT2D eigenvalue weighted by molar-refractivity contribution is -0.128. The van der Waals surface area contributed by atoms with Crippen LogP contribution in [0.4, 0.5) is 0 Å². The van der Waals surface area contributed by atoms with Crippen LogP contribution in [0.3, 0.4) is 0 Å². The minimum absolute atomic E-state index is 0.0355. The first-order chi connectivity index (χ1) is 14.7. The first-order valence-electron chi connectivity index (χ1n) is 10.9. The summed E-state index contributed by atoms with van der Waals surface area (Å²) in [5, 5.41) is 0. The van der Waals surface area contributed by atoms with Crippen LogP contribution in [0.5, 0.6) is 0 Å². The zero-order valence-corrected chi connectivity index (χ0v) is 18.8. The van der Waals surface area contributed by atoms with Crippen LogP contribution in [0.25, 0.3) is 0 Å². The molecule has 5 nitrogen and oxygen atoms in total. The number of carbonyl (C=O) groups excluding carboxylic acids is 1. The van der Waals surface area contributed by atoms with Crippen molar-refractivity contribution in [2.24, 2.45) is 21.7 Å². The van der Waals surface area contributed by atoms with Gasteiger partial charge in [-0.15, -0.1) is 0 Å². The molecular weight excluding hydrogens is 408 g/mol. The van der Waals surface area contributed by atoms with Crippen LogP contribution in [0.1, 0.15) is 44.2 Å². The van der Waals surface area contributed by atoms with Crippen molar-refractivity contribution in [1.29, 1.82) is 0 Å². The van der Waals surface area contributed by atoms with Gasteiger partial charge in [0.2, 0.25) is 10.0 Å². The Hall–Kier alpha value is -2.31. The van der Waals surface area contributed by atoms with E-state index in [0.717, 1.165) is 29.7 Å². The Morgan fingerprint density at radius 3 is 2.16 bits per heavy atom. The van der Waals surface area contributed by atoms with Crippen LogP contribution >= 0.6 is 0 Å². The number of benzene rings is 2. The molecule has 0 aromatic heterocycles. The highest BCUT2D eigenvalue weighted by atomic mass is 32.2. The minimum Gasteiger partial charge on any atom is -0.295 e. The van der Waals surface area contributed by atoms with E-state index in [2.05, 4.69) is 18.6 Å². The molecule has 2 aromatic carbocycles. The molecule has 2 saturated carbocycles. The van der Waals surface area contributed by atoms with E-state index < -0.39 is 21.0 Å². The summed E-state index contributed by atoms with van der Waals surface area (Å²) in [7, 11) is -3.49. The fourth-order valence-electron chi connectivity index (χ4n) is 6.59. The van der Waals surface area contributed by atoms with Crippen molar-refractivity contribution in [3.8, 4) is 0 Å². The lowest BCUT2D eigenvalue weighted by Gasteiger charge is -2.43. The molecular formula is C25H28N2O3S. The second kappa shape index (κ2) is 6.84. The van der Waals surface area contributed by atoms with E-state index >= 15 is 0 Å². The fourth-order valence-corrected chi connectivity index (χ4v) is 9.00. The Morgan fingerprint density at radius 1 is 1.03 bits per heavy atom. The second-order valence-electron chi connectivity index (χ2n) is 9.83. The van der Waals surface area contributed by atoms with Crippen molar-refractivity contribution in [3.63, 3.8) is 0 Å². The van der Waals surface area contributed by atoms with E-state index in [1.54, 1.807) is 0 Å². The maximum absolute atomic E-state index is 13.7. The second-order valence-corrected chi connectivity index (χ2v) is 11.6. The molecule has 1 heterocycles. The number of nitrogens with one attached hydrogen (secondary N) is 1. The maximum Gasteiger partial charge on any atom is 0.213 e. The molecule has 162 valence electrons. The van der Waals surface area contributed by atoms with Crippen molar-refractivity contribution < 1.29 is 13.2 Å². The lowest BCUT2D eigenvalue weighted by Crippen LogP contribution is -2.59. The van der Waals surface area contributed by atoms with Gasteiger partial charge in [-0.1, -0.05) is 74.5 Å². The molecule has 5 rings (SSSR count). The van der Waals surface area contributed by atoms with Gasteiger partial charge in [-0.25, -0.2) is 13.1 Å². The Labute approximate surface area is 184 Å². The number of hydrogen-bond donors (Lipinski definition) is 1. The summed E-state index contributed by atoms with van der Waals surface area (Å²) in [6, 6.07) is 19.6. The van der Waals surface area contributed by atoms with E-state index in [9.17, 15) is 13.2 Å². The monoisotopic (exact) mass is 436 g/mol. The maximum atomic E-state index is 13.7. The van der Waals surface area contributed by atoms with Gasteiger partial charge in [0.1, 0.15) is 12.1 Å². The summed E-state index contributed by atoms with van der Waals surface area (Å²) in [5.74, 6) is 0.294. The zero-order chi connectivity index (χ0) is 21.9. The van der Waals surface area contributed by atoms with Gasteiger partial charge in [0, 0.05) is 16.5 Å². The Balaban J connectivity index is 1.54. The molecule has 1 aliphatic heterocycles. The number of nitrogens with zero attached hydrogens (tertiary/aromatic N) is 1. The van der Waals surface area contributed by atoms with Gasteiger partial charge in [0.25, 0.3) is 0 Å².